The summed E-state index contributed by atoms with van der Waals surface area (Å²) in [5.74, 6) is 0.426. The smallest absolute Gasteiger partial charge is 0.297 e. The fourth-order valence-electron chi connectivity index (χ4n) is 3.36. The second-order valence-electron chi connectivity index (χ2n) is 7.01. The number of halogens is 1. The van der Waals surface area contributed by atoms with Crippen molar-refractivity contribution >= 4 is 22.1 Å². The van der Waals surface area contributed by atoms with Crippen LogP contribution in [0.2, 0.25) is 0 Å². The standard InChI is InChI=1S/C24H17FN2O3/c25-18-9-5-17(6-10-18)14-29-19-11-7-16(8-12-19)13-27-15-26-22-20-3-1-2-4-21(20)30-23(22)24(27)28/h1-12,15H,13-14H2. The summed E-state index contributed by atoms with van der Waals surface area (Å²) >= 11 is 0. The van der Waals surface area contributed by atoms with Crippen molar-refractivity contribution in [1.29, 1.82) is 0 Å². The molecule has 0 bridgehead atoms. The fraction of sp³-hybridized carbons (Fsp3) is 0.0833. The van der Waals surface area contributed by atoms with Gasteiger partial charge in [0.1, 0.15) is 29.3 Å². The normalized spacial score (nSPS) is 11.2. The molecule has 5 nitrogen and oxygen atoms in total. The van der Waals surface area contributed by atoms with Crippen LogP contribution < -0.4 is 10.3 Å². The molecule has 0 spiro atoms. The minimum atomic E-state index is -0.270. The molecule has 0 saturated heterocycles. The molecule has 3 aromatic carbocycles. The molecular formula is C24H17FN2O3. The van der Waals surface area contributed by atoms with Crippen molar-refractivity contribution in [2.24, 2.45) is 0 Å². The average molecular weight is 400 g/mol. The highest BCUT2D eigenvalue weighted by Gasteiger charge is 2.13. The Kier molecular flexibility index (Phi) is 4.52. The molecule has 5 aromatic rings. The molecule has 0 aliphatic carbocycles. The Hall–Kier alpha value is -3.93. The van der Waals surface area contributed by atoms with E-state index < -0.39 is 0 Å². The number of benzene rings is 3. The number of nitrogens with zero attached hydrogens (tertiary/aromatic N) is 2. The summed E-state index contributed by atoms with van der Waals surface area (Å²) in [6, 6.07) is 21.2. The summed E-state index contributed by atoms with van der Waals surface area (Å²) in [7, 11) is 0. The maximum absolute atomic E-state index is 13.0. The first-order valence-corrected chi connectivity index (χ1v) is 9.50. The highest BCUT2D eigenvalue weighted by Crippen LogP contribution is 2.24. The van der Waals surface area contributed by atoms with Crippen LogP contribution in [0.3, 0.4) is 0 Å². The van der Waals surface area contributed by atoms with Gasteiger partial charge in [0.15, 0.2) is 0 Å². The molecule has 0 fully saturated rings. The summed E-state index contributed by atoms with van der Waals surface area (Å²) in [4.78, 5) is 17.3. The van der Waals surface area contributed by atoms with Crippen molar-refractivity contribution in [2.75, 3.05) is 0 Å². The van der Waals surface area contributed by atoms with Crippen molar-refractivity contribution < 1.29 is 13.5 Å². The van der Waals surface area contributed by atoms with Crippen molar-refractivity contribution in [3.8, 4) is 5.75 Å². The monoisotopic (exact) mass is 400 g/mol. The first kappa shape index (κ1) is 18.1. The zero-order valence-electron chi connectivity index (χ0n) is 15.9. The summed E-state index contributed by atoms with van der Waals surface area (Å²) < 4.78 is 26.0. The lowest BCUT2D eigenvalue weighted by atomic mass is 10.2. The van der Waals surface area contributed by atoms with Gasteiger partial charge in [0, 0.05) is 5.39 Å². The molecule has 0 saturated carbocycles. The van der Waals surface area contributed by atoms with Crippen LogP contribution in [-0.2, 0) is 13.2 Å². The van der Waals surface area contributed by atoms with Crippen LogP contribution in [0.1, 0.15) is 11.1 Å². The number of aromatic nitrogens is 2. The third kappa shape index (κ3) is 3.43. The molecule has 0 N–H and O–H groups in total. The lowest BCUT2D eigenvalue weighted by Gasteiger charge is -2.08. The maximum Gasteiger partial charge on any atom is 0.297 e. The predicted octanol–water partition coefficient (Wildman–Crippen LogP) is 4.91. The topological polar surface area (TPSA) is 57.3 Å². The average Bonchev–Trinajstić information content (AvgIpc) is 3.16. The Balaban J connectivity index is 1.33. The van der Waals surface area contributed by atoms with Gasteiger partial charge in [0.2, 0.25) is 5.58 Å². The van der Waals surface area contributed by atoms with E-state index in [2.05, 4.69) is 4.98 Å². The van der Waals surface area contributed by atoms with Crippen molar-refractivity contribution in [2.45, 2.75) is 13.2 Å². The SMILES string of the molecule is O=c1c2oc3ccccc3c2ncn1Cc1ccc(OCc2ccc(F)cc2)cc1. The number of rotatable bonds is 5. The second kappa shape index (κ2) is 7.48. The quantitative estimate of drug-likeness (QED) is 0.421. The molecule has 0 radical (unpaired) electrons. The highest BCUT2D eigenvalue weighted by molar-refractivity contribution is 6.01. The van der Waals surface area contributed by atoms with E-state index in [-0.39, 0.29) is 17.0 Å². The minimum Gasteiger partial charge on any atom is -0.489 e. The van der Waals surface area contributed by atoms with Crippen molar-refractivity contribution in [1.82, 2.24) is 9.55 Å². The number of furan rings is 1. The molecular weight excluding hydrogens is 383 g/mol. The third-order valence-electron chi connectivity index (χ3n) is 4.95. The van der Waals surface area contributed by atoms with Gasteiger partial charge in [-0.3, -0.25) is 9.36 Å². The predicted molar refractivity (Wildman–Crippen MR) is 112 cm³/mol. The number of fused-ring (bicyclic) bond motifs is 3. The van der Waals surface area contributed by atoms with E-state index >= 15 is 0 Å². The first-order valence-electron chi connectivity index (χ1n) is 9.50. The van der Waals surface area contributed by atoms with E-state index in [0.717, 1.165) is 16.5 Å². The molecule has 2 heterocycles. The van der Waals surface area contributed by atoms with E-state index in [1.165, 1.54) is 16.7 Å². The van der Waals surface area contributed by atoms with Crippen molar-refractivity contribution in [3.05, 3.63) is 106 Å². The van der Waals surface area contributed by atoms with E-state index in [1.807, 2.05) is 48.5 Å². The number of hydrogen-bond donors (Lipinski definition) is 0. The van der Waals surface area contributed by atoms with Gasteiger partial charge in [-0.1, -0.05) is 36.4 Å². The zero-order valence-corrected chi connectivity index (χ0v) is 15.9. The van der Waals surface area contributed by atoms with Crippen LogP contribution in [0.4, 0.5) is 4.39 Å². The van der Waals surface area contributed by atoms with Crippen LogP contribution >= 0.6 is 0 Å². The van der Waals surface area contributed by atoms with E-state index in [4.69, 9.17) is 9.15 Å². The van der Waals surface area contributed by atoms with Gasteiger partial charge in [-0.05, 0) is 47.5 Å². The van der Waals surface area contributed by atoms with Gasteiger partial charge < -0.3 is 9.15 Å². The molecule has 30 heavy (non-hydrogen) atoms. The van der Waals surface area contributed by atoms with Gasteiger partial charge in [0.25, 0.3) is 5.56 Å². The minimum absolute atomic E-state index is 0.215. The van der Waals surface area contributed by atoms with Gasteiger partial charge in [-0.2, -0.15) is 0 Å². The molecule has 0 atom stereocenters. The summed E-state index contributed by atoms with van der Waals surface area (Å²) in [6.45, 7) is 0.725. The molecule has 0 amide bonds. The Morgan fingerprint density at radius 2 is 1.67 bits per heavy atom. The molecule has 6 heteroatoms. The van der Waals surface area contributed by atoms with Gasteiger partial charge in [0.05, 0.1) is 12.9 Å². The molecule has 0 unspecified atom stereocenters. The number of ether oxygens (including phenoxy) is 1. The fourth-order valence-corrected chi connectivity index (χ4v) is 3.36. The van der Waals surface area contributed by atoms with Crippen LogP contribution in [0.5, 0.6) is 5.75 Å². The second-order valence-corrected chi connectivity index (χ2v) is 7.01. The van der Waals surface area contributed by atoms with Crippen LogP contribution in [0, 0.1) is 5.82 Å². The van der Waals surface area contributed by atoms with Gasteiger partial charge in [-0.25, -0.2) is 9.37 Å². The first-order chi connectivity index (χ1) is 14.7. The van der Waals surface area contributed by atoms with Gasteiger partial charge >= 0.3 is 0 Å². The molecule has 0 aliphatic rings. The Bertz CT molecular complexity index is 1390. The molecule has 2 aromatic heterocycles. The summed E-state index contributed by atoms with van der Waals surface area (Å²) in [5, 5.41) is 0.833. The lowest BCUT2D eigenvalue weighted by molar-refractivity contribution is 0.306. The Morgan fingerprint density at radius 3 is 2.47 bits per heavy atom. The zero-order chi connectivity index (χ0) is 20.5. The highest BCUT2D eigenvalue weighted by atomic mass is 19.1. The van der Waals surface area contributed by atoms with Crippen LogP contribution in [-0.4, -0.2) is 9.55 Å². The van der Waals surface area contributed by atoms with Gasteiger partial charge in [-0.15, -0.1) is 0 Å². The Morgan fingerprint density at radius 1 is 0.933 bits per heavy atom. The van der Waals surface area contributed by atoms with E-state index in [0.29, 0.717) is 30.0 Å². The Labute approximate surface area is 171 Å². The largest absolute Gasteiger partial charge is 0.489 e. The summed E-state index contributed by atoms with van der Waals surface area (Å²) in [5.41, 5.74) is 3.10. The summed E-state index contributed by atoms with van der Waals surface area (Å²) in [6.07, 6.45) is 1.55. The number of para-hydroxylation sites is 1. The van der Waals surface area contributed by atoms with Crippen molar-refractivity contribution in [3.63, 3.8) is 0 Å². The third-order valence-corrected chi connectivity index (χ3v) is 4.95. The molecule has 0 aliphatic heterocycles. The molecule has 5 rings (SSSR count). The maximum atomic E-state index is 13.0. The van der Waals surface area contributed by atoms with Crippen LogP contribution in [0.25, 0.3) is 22.1 Å². The lowest BCUT2D eigenvalue weighted by Crippen LogP contribution is -2.20. The number of hydrogen-bond acceptors (Lipinski definition) is 4. The van der Waals surface area contributed by atoms with Crippen LogP contribution in [0.15, 0.2) is 88.3 Å². The van der Waals surface area contributed by atoms with E-state index in [1.54, 1.807) is 18.5 Å². The van der Waals surface area contributed by atoms with E-state index in [9.17, 15) is 9.18 Å². The molecule has 148 valence electrons.